The van der Waals surface area contributed by atoms with Gasteiger partial charge in [-0.1, -0.05) is 27.5 Å². The number of hydrogen-bond donors (Lipinski definition) is 2. The molecule has 0 bridgehead atoms. The molecule has 106 valence electrons. The van der Waals surface area contributed by atoms with Crippen LogP contribution in [-0.2, 0) is 0 Å². The average Bonchev–Trinajstić information content (AvgIpc) is 2.39. The second-order valence-corrected chi connectivity index (χ2v) is 5.54. The number of pyridine rings is 1. The van der Waals surface area contributed by atoms with Crippen LogP contribution in [0.5, 0.6) is 5.75 Å². The van der Waals surface area contributed by atoms with Crippen molar-refractivity contribution in [3.05, 3.63) is 57.3 Å². The molecule has 1 heterocycles. The molecule has 0 radical (unpaired) electrons. The van der Waals surface area contributed by atoms with Crippen LogP contribution in [0.4, 0.5) is 0 Å². The Hall–Kier alpha value is -1.14. The number of benzene rings is 1. The van der Waals surface area contributed by atoms with Crippen LogP contribution >= 0.6 is 27.5 Å². The highest BCUT2D eigenvalue weighted by atomic mass is 79.9. The molecule has 2 aromatic rings. The number of rotatable bonds is 5. The van der Waals surface area contributed by atoms with Crippen LogP contribution in [0, 0.1) is 0 Å². The smallest absolute Gasteiger partial charge is 0.137 e. The zero-order valence-electron chi connectivity index (χ0n) is 10.9. The number of nitrogens with one attached hydrogen (secondary N) is 1. The van der Waals surface area contributed by atoms with Gasteiger partial charge in [0.25, 0.3) is 0 Å². The summed E-state index contributed by atoms with van der Waals surface area (Å²) >= 11 is 9.51. The molecule has 0 fully saturated rings. The zero-order valence-corrected chi connectivity index (χ0v) is 13.3. The third-order valence-electron chi connectivity index (χ3n) is 2.76. The van der Waals surface area contributed by atoms with E-state index in [4.69, 9.17) is 22.2 Å². The third-order valence-corrected chi connectivity index (χ3v) is 3.44. The molecule has 1 unspecified atom stereocenters. The van der Waals surface area contributed by atoms with E-state index < -0.39 is 0 Å². The van der Waals surface area contributed by atoms with Crippen LogP contribution in [0.25, 0.3) is 0 Å². The van der Waals surface area contributed by atoms with Crippen molar-refractivity contribution in [1.82, 2.24) is 10.4 Å². The Morgan fingerprint density at radius 3 is 2.75 bits per heavy atom. The highest BCUT2D eigenvalue weighted by Crippen LogP contribution is 2.28. The van der Waals surface area contributed by atoms with Crippen molar-refractivity contribution in [3.63, 3.8) is 0 Å². The number of aromatic nitrogens is 1. The summed E-state index contributed by atoms with van der Waals surface area (Å²) in [6.07, 6.45) is 3.43. The Balaban J connectivity index is 2.38. The average molecular weight is 357 g/mol. The van der Waals surface area contributed by atoms with Crippen LogP contribution in [0.15, 0.2) is 41.1 Å². The predicted octanol–water partition coefficient (Wildman–Crippen LogP) is 3.45. The largest absolute Gasteiger partial charge is 0.492 e. The Morgan fingerprint density at radius 2 is 2.10 bits per heavy atom. The minimum atomic E-state index is -0.210. The Bertz CT molecular complexity index is 574. The van der Waals surface area contributed by atoms with Gasteiger partial charge in [-0.2, -0.15) is 0 Å². The molecule has 0 spiro atoms. The minimum absolute atomic E-state index is 0.210. The van der Waals surface area contributed by atoms with E-state index >= 15 is 0 Å². The van der Waals surface area contributed by atoms with Gasteiger partial charge in [-0.25, -0.2) is 5.43 Å². The van der Waals surface area contributed by atoms with Gasteiger partial charge in [-0.05, 0) is 42.3 Å². The van der Waals surface area contributed by atoms with E-state index in [2.05, 4.69) is 26.3 Å². The van der Waals surface area contributed by atoms with E-state index in [0.717, 1.165) is 15.6 Å². The molecule has 0 aliphatic heterocycles. The molecule has 0 aliphatic rings. The number of ether oxygens (including phenoxy) is 1. The normalized spacial score (nSPS) is 12.2. The van der Waals surface area contributed by atoms with E-state index in [1.807, 2.05) is 31.2 Å². The van der Waals surface area contributed by atoms with E-state index in [1.165, 1.54) is 0 Å². The number of nitrogens with two attached hydrogens (primary N) is 1. The van der Waals surface area contributed by atoms with Gasteiger partial charge in [0, 0.05) is 15.7 Å². The second-order valence-electron chi connectivity index (χ2n) is 4.19. The van der Waals surface area contributed by atoms with Crippen LogP contribution in [0.3, 0.4) is 0 Å². The fourth-order valence-electron chi connectivity index (χ4n) is 1.97. The fraction of sp³-hybridized carbons (Fsp3) is 0.214. The third kappa shape index (κ3) is 3.70. The molecule has 4 nitrogen and oxygen atoms in total. The first-order valence-electron chi connectivity index (χ1n) is 6.14. The van der Waals surface area contributed by atoms with Gasteiger partial charge in [0.2, 0.25) is 0 Å². The summed E-state index contributed by atoms with van der Waals surface area (Å²) < 4.78 is 6.36. The van der Waals surface area contributed by atoms with Crippen LogP contribution in [-0.4, -0.2) is 11.6 Å². The summed E-state index contributed by atoms with van der Waals surface area (Å²) in [5, 5.41) is 0.642. The zero-order chi connectivity index (χ0) is 14.5. The number of hydrogen-bond acceptors (Lipinski definition) is 4. The van der Waals surface area contributed by atoms with Gasteiger partial charge in [-0.3, -0.25) is 10.8 Å². The summed E-state index contributed by atoms with van der Waals surface area (Å²) in [4.78, 5) is 4.18. The van der Waals surface area contributed by atoms with Crippen molar-refractivity contribution in [1.29, 1.82) is 0 Å². The van der Waals surface area contributed by atoms with Crippen molar-refractivity contribution in [2.75, 3.05) is 6.61 Å². The molecule has 0 saturated carbocycles. The summed E-state index contributed by atoms with van der Waals surface area (Å²) in [6, 6.07) is 7.36. The van der Waals surface area contributed by atoms with E-state index in [-0.39, 0.29) is 6.04 Å². The number of halogens is 2. The van der Waals surface area contributed by atoms with E-state index in [0.29, 0.717) is 17.4 Å². The Morgan fingerprint density at radius 1 is 1.30 bits per heavy atom. The molecule has 2 rings (SSSR count). The molecular formula is C14H15BrClN3O. The summed E-state index contributed by atoms with van der Waals surface area (Å²) in [5.74, 6) is 6.40. The van der Waals surface area contributed by atoms with Gasteiger partial charge in [0.1, 0.15) is 5.75 Å². The molecule has 1 aromatic heterocycles. The SMILES string of the molecule is CCOc1cncc(C(NN)c2cc(Cl)cc(Br)c2)c1. The molecule has 1 aromatic carbocycles. The molecule has 1 atom stereocenters. The quantitative estimate of drug-likeness (QED) is 0.636. The van der Waals surface area contributed by atoms with Gasteiger partial charge in [0.15, 0.2) is 0 Å². The van der Waals surface area contributed by atoms with Gasteiger partial charge >= 0.3 is 0 Å². The van der Waals surface area contributed by atoms with Crippen molar-refractivity contribution < 1.29 is 4.74 Å². The standard InChI is InChI=1S/C14H15BrClN3O/c1-2-20-13-5-10(7-18-8-13)14(19-17)9-3-11(15)6-12(16)4-9/h3-8,14,19H,2,17H2,1H3. The summed E-state index contributed by atoms with van der Waals surface area (Å²) in [6.45, 7) is 2.52. The summed E-state index contributed by atoms with van der Waals surface area (Å²) in [7, 11) is 0. The highest BCUT2D eigenvalue weighted by molar-refractivity contribution is 9.10. The van der Waals surface area contributed by atoms with Crippen LogP contribution in [0.1, 0.15) is 24.1 Å². The van der Waals surface area contributed by atoms with Gasteiger partial charge < -0.3 is 4.74 Å². The molecule has 20 heavy (non-hydrogen) atoms. The lowest BCUT2D eigenvalue weighted by atomic mass is 10.0. The van der Waals surface area contributed by atoms with Gasteiger partial charge in [0.05, 0.1) is 18.8 Å². The molecule has 3 N–H and O–H groups in total. The Kier molecular flexibility index (Phi) is 5.37. The maximum atomic E-state index is 6.08. The van der Waals surface area contributed by atoms with Crippen molar-refractivity contribution in [2.45, 2.75) is 13.0 Å². The molecule has 0 amide bonds. The predicted molar refractivity (Wildman–Crippen MR) is 83.7 cm³/mol. The lowest BCUT2D eigenvalue weighted by Crippen LogP contribution is -2.29. The first-order valence-corrected chi connectivity index (χ1v) is 7.31. The highest BCUT2D eigenvalue weighted by Gasteiger charge is 2.15. The van der Waals surface area contributed by atoms with Crippen molar-refractivity contribution in [2.24, 2.45) is 5.84 Å². The Labute approximate surface area is 131 Å². The van der Waals surface area contributed by atoms with Crippen molar-refractivity contribution in [3.8, 4) is 5.75 Å². The second kappa shape index (κ2) is 7.04. The lowest BCUT2D eigenvalue weighted by molar-refractivity contribution is 0.338. The van der Waals surface area contributed by atoms with Crippen LogP contribution in [0.2, 0.25) is 5.02 Å². The van der Waals surface area contributed by atoms with Crippen molar-refractivity contribution >= 4 is 27.5 Å². The molecule has 0 aliphatic carbocycles. The molecular weight excluding hydrogens is 342 g/mol. The maximum Gasteiger partial charge on any atom is 0.137 e. The fourth-order valence-corrected chi connectivity index (χ4v) is 2.85. The topological polar surface area (TPSA) is 60.2 Å². The number of nitrogens with zero attached hydrogens (tertiary/aromatic N) is 1. The monoisotopic (exact) mass is 355 g/mol. The first kappa shape index (κ1) is 15.3. The molecule has 6 heteroatoms. The lowest BCUT2D eigenvalue weighted by Gasteiger charge is -2.18. The summed E-state index contributed by atoms with van der Waals surface area (Å²) in [5.41, 5.74) is 4.64. The van der Waals surface area contributed by atoms with E-state index in [9.17, 15) is 0 Å². The first-order chi connectivity index (χ1) is 9.63. The minimum Gasteiger partial charge on any atom is -0.492 e. The van der Waals surface area contributed by atoms with E-state index in [1.54, 1.807) is 12.4 Å². The van der Waals surface area contributed by atoms with Crippen LogP contribution < -0.4 is 16.0 Å². The number of hydrazine groups is 1. The van der Waals surface area contributed by atoms with Gasteiger partial charge in [-0.15, -0.1) is 0 Å². The molecule has 0 saturated heterocycles. The maximum absolute atomic E-state index is 6.08.